The highest BCUT2D eigenvalue weighted by molar-refractivity contribution is 5.98. The Kier molecular flexibility index (Phi) is 5.30. The number of hydrogen-bond donors (Lipinski definition) is 1. The molecule has 0 spiro atoms. The van der Waals surface area contributed by atoms with Crippen molar-refractivity contribution in [3.8, 4) is 0 Å². The van der Waals surface area contributed by atoms with Crippen molar-refractivity contribution in [2.45, 2.75) is 20.4 Å². The lowest BCUT2D eigenvalue weighted by atomic mass is 10.2. The molecule has 0 aliphatic carbocycles. The third-order valence-electron chi connectivity index (χ3n) is 3.29. The van der Waals surface area contributed by atoms with Crippen LogP contribution < -0.4 is 5.32 Å². The van der Waals surface area contributed by atoms with E-state index in [9.17, 15) is 9.59 Å². The first-order valence-corrected chi connectivity index (χ1v) is 7.21. The van der Waals surface area contributed by atoms with Crippen LogP contribution in [0.5, 0.6) is 0 Å². The standard InChI is InChI=1S/C16H19N3O3/c1-3-19(4-2)16(21)12-7-8-17-14(10-12)15(20)18-11-13-6-5-9-22-13/h5-10H,3-4,11H2,1-2H3,(H,18,20). The molecule has 0 radical (unpaired) electrons. The van der Waals surface area contributed by atoms with Gasteiger partial charge in [0.25, 0.3) is 11.8 Å². The molecule has 6 nitrogen and oxygen atoms in total. The van der Waals surface area contributed by atoms with Crippen molar-refractivity contribution in [3.63, 3.8) is 0 Å². The molecule has 0 bridgehead atoms. The summed E-state index contributed by atoms with van der Waals surface area (Å²) in [6.45, 7) is 5.36. The van der Waals surface area contributed by atoms with Crippen molar-refractivity contribution < 1.29 is 14.0 Å². The third kappa shape index (κ3) is 3.72. The molecule has 0 saturated carbocycles. The minimum atomic E-state index is -0.342. The molecule has 22 heavy (non-hydrogen) atoms. The zero-order valence-corrected chi connectivity index (χ0v) is 12.7. The van der Waals surface area contributed by atoms with Gasteiger partial charge in [-0.15, -0.1) is 0 Å². The van der Waals surface area contributed by atoms with Crippen molar-refractivity contribution in [1.29, 1.82) is 0 Å². The summed E-state index contributed by atoms with van der Waals surface area (Å²) in [5, 5.41) is 2.70. The molecule has 2 rings (SSSR count). The molecule has 0 aromatic carbocycles. The number of nitrogens with one attached hydrogen (secondary N) is 1. The molecule has 1 N–H and O–H groups in total. The van der Waals surface area contributed by atoms with Crippen molar-refractivity contribution in [2.75, 3.05) is 13.1 Å². The zero-order valence-electron chi connectivity index (χ0n) is 12.7. The molecular weight excluding hydrogens is 282 g/mol. The normalized spacial score (nSPS) is 10.3. The molecule has 0 unspecified atom stereocenters. The van der Waals surface area contributed by atoms with Crippen LogP contribution in [0, 0.1) is 0 Å². The second-order valence-corrected chi connectivity index (χ2v) is 4.67. The van der Waals surface area contributed by atoms with Crippen molar-refractivity contribution in [2.24, 2.45) is 0 Å². The molecule has 0 aliphatic rings. The van der Waals surface area contributed by atoms with Gasteiger partial charge < -0.3 is 14.6 Å². The van der Waals surface area contributed by atoms with Crippen LogP contribution in [0.3, 0.4) is 0 Å². The summed E-state index contributed by atoms with van der Waals surface area (Å²) < 4.78 is 5.15. The topological polar surface area (TPSA) is 75.4 Å². The molecule has 0 atom stereocenters. The van der Waals surface area contributed by atoms with Gasteiger partial charge in [0.1, 0.15) is 11.5 Å². The van der Waals surface area contributed by atoms with E-state index in [1.165, 1.54) is 12.3 Å². The molecule has 0 saturated heterocycles. The average molecular weight is 301 g/mol. The fourth-order valence-electron chi connectivity index (χ4n) is 2.05. The first-order chi connectivity index (χ1) is 10.7. The largest absolute Gasteiger partial charge is 0.467 e. The maximum atomic E-state index is 12.3. The Balaban J connectivity index is 2.07. The van der Waals surface area contributed by atoms with E-state index in [1.807, 2.05) is 13.8 Å². The number of carbonyl (C=O) groups excluding carboxylic acids is 2. The number of nitrogens with zero attached hydrogens (tertiary/aromatic N) is 2. The van der Waals surface area contributed by atoms with E-state index >= 15 is 0 Å². The molecule has 0 fully saturated rings. The highest BCUT2D eigenvalue weighted by atomic mass is 16.3. The summed E-state index contributed by atoms with van der Waals surface area (Å²) >= 11 is 0. The van der Waals surface area contributed by atoms with E-state index in [0.717, 1.165) is 0 Å². The fourth-order valence-corrected chi connectivity index (χ4v) is 2.05. The van der Waals surface area contributed by atoms with Gasteiger partial charge in [0.05, 0.1) is 12.8 Å². The van der Waals surface area contributed by atoms with Crippen LogP contribution in [0.4, 0.5) is 0 Å². The number of pyridine rings is 1. The van der Waals surface area contributed by atoms with Gasteiger partial charge in [-0.3, -0.25) is 14.6 Å². The molecular formula is C16H19N3O3. The average Bonchev–Trinajstić information content (AvgIpc) is 3.07. The zero-order chi connectivity index (χ0) is 15.9. The Hall–Kier alpha value is -2.63. The van der Waals surface area contributed by atoms with Gasteiger partial charge in [-0.2, -0.15) is 0 Å². The number of carbonyl (C=O) groups is 2. The van der Waals surface area contributed by atoms with E-state index in [-0.39, 0.29) is 24.1 Å². The summed E-state index contributed by atoms with van der Waals surface area (Å²) in [6.07, 6.45) is 3.02. The highest BCUT2D eigenvalue weighted by Crippen LogP contribution is 2.07. The molecule has 2 heterocycles. The third-order valence-corrected chi connectivity index (χ3v) is 3.29. The van der Waals surface area contributed by atoms with E-state index in [2.05, 4.69) is 10.3 Å². The Morgan fingerprint density at radius 1 is 1.27 bits per heavy atom. The SMILES string of the molecule is CCN(CC)C(=O)c1ccnc(C(=O)NCc2ccco2)c1. The predicted molar refractivity (Wildman–Crippen MR) is 81.4 cm³/mol. The number of furan rings is 1. The quantitative estimate of drug-likeness (QED) is 0.886. The second kappa shape index (κ2) is 7.40. The van der Waals surface area contributed by atoms with Gasteiger partial charge in [-0.1, -0.05) is 0 Å². The van der Waals surface area contributed by atoms with Gasteiger partial charge in [0.2, 0.25) is 0 Å². The first-order valence-electron chi connectivity index (χ1n) is 7.21. The minimum Gasteiger partial charge on any atom is -0.467 e. The van der Waals surface area contributed by atoms with Crippen LogP contribution in [0.1, 0.15) is 40.5 Å². The fraction of sp³-hybridized carbons (Fsp3) is 0.312. The monoisotopic (exact) mass is 301 g/mol. The van der Waals surface area contributed by atoms with Gasteiger partial charge in [0.15, 0.2) is 0 Å². The van der Waals surface area contributed by atoms with Crippen molar-refractivity contribution in [3.05, 3.63) is 53.7 Å². The first kappa shape index (κ1) is 15.8. The smallest absolute Gasteiger partial charge is 0.270 e. The van der Waals surface area contributed by atoms with Crippen LogP contribution in [0.2, 0.25) is 0 Å². The molecule has 0 aliphatic heterocycles. The number of amides is 2. The molecule has 116 valence electrons. The van der Waals surface area contributed by atoms with Gasteiger partial charge in [0, 0.05) is 24.8 Å². The number of aromatic nitrogens is 1. The van der Waals surface area contributed by atoms with Gasteiger partial charge >= 0.3 is 0 Å². The van der Waals surface area contributed by atoms with E-state index in [4.69, 9.17) is 4.42 Å². The molecule has 6 heteroatoms. The van der Waals surface area contributed by atoms with Crippen LogP contribution in [-0.4, -0.2) is 34.8 Å². The molecule has 2 aromatic heterocycles. The van der Waals surface area contributed by atoms with Crippen LogP contribution in [0.15, 0.2) is 41.1 Å². The summed E-state index contributed by atoms with van der Waals surface area (Å²) in [5.74, 6) is 0.210. The Morgan fingerprint density at radius 2 is 2.05 bits per heavy atom. The molecule has 2 aromatic rings. The predicted octanol–water partition coefficient (Wildman–Crippen LogP) is 2.09. The maximum absolute atomic E-state index is 12.3. The second-order valence-electron chi connectivity index (χ2n) is 4.67. The van der Waals surface area contributed by atoms with Crippen LogP contribution >= 0.6 is 0 Å². The van der Waals surface area contributed by atoms with Gasteiger partial charge in [-0.25, -0.2) is 0 Å². The van der Waals surface area contributed by atoms with Crippen LogP contribution in [0.25, 0.3) is 0 Å². The van der Waals surface area contributed by atoms with Crippen LogP contribution in [-0.2, 0) is 6.54 Å². The lowest BCUT2D eigenvalue weighted by molar-refractivity contribution is 0.0773. The summed E-state index contributed by atoms with van der Waals surface area (Å²) in [4.78, 5) is 30.1. The summed E-state index contributed by atoms with van der Waals surface area (Å²) in [5.41, 5.74) is 0.673. The maximum Gasteiger partial charge on any atom is 0.270 e. The lowest BCUT2D eigenvalue weighted by Crippen LogP contribution is -2.31. The number of rotatable bonds is 6. The summed E-state index contributed by atoms with van der Waals surface area (Å²) in [7, 11) is 0. The van der Waals surface area contributed by atoms with Gasteiger partial charge in [-0.05, 0) is 38.1 Å². The van der Waals surface area contributed by atoms with Crippen molar-refractivity contribution >= 4 is 11.8 Å². The van der Waals surface area contributed by atoms with Crippen molar-refractivity contribution in [1.82, 2.24) is 15.2 Å². The lowest BCUT2D eigenvalue weighted by Gasteiger charge is -2.18. The van der Waals surface area contributed by atoms with E-state index in [1.54, 1.807) is 29.4 Å². The summed E-state index contributed by atoms with van der Waals surface area (Å²) in [6, 6.07) is 6.65. The Morgan fingerprint density at radius 3 is 2.68 bits per heavy atom. The number of hydrogen-bond acceptors (Lipinski definition) is 4. The van der Waals surface area contributed by atoms with E-state index < -0.39 is 0 Å². The van der Waals surface area contributed by atoms with E-state index in [0.29, 0.717) is 24.4 Å². The Bertz CT molecular complexity index is 634. The Labute approximate surface area is 129 Å². The molecule has 2 amide bonds. The minimum absolute atomic E-state index is 0.104. The highest BCUT2D eigenvalue weighted by Gasteiger charge is 2.15.